The number of halogens is 1. The molecule has 0 spiro atoms. The Morgan fingerprint density at radius 3 is 2.64 bits per heavy atom. The van der Waals surface area contributed by atoms with Crippen molar-refractivity contribution in [1.82, 2.24) is 4.90 Å². The van der Waals surface area contributed by atoms with Crippen LogP contribution in [-0.2, 0) is 10.8 Å². The number of nitrogens with zero attached hydrogens (tertiary/aromatic N) is 2. The van der Waals surface area contributed by atoms with E-state index in [1.54, 1.807) is 24.3 Å². The van der Waals surface area contributed by atoms with E-state index in [0.29, 0.717) is 36.6 Å². The Balaban J connectivity index is 2.28. The fourth-order valence-electron chi connectivity index (χ4n) is 2.34. The van der Waals surface area contributed by atoms with Crippen LogP contribution in [0.15, 0.2) is 24.3 Å². The molecule has 140 valence electrons. The standard InChI is InChI=1S/C18H27FN2O3S/c1-3-21(9-4-10-25(23)14-15(2)19)12-17(22)13-24-18-7-5-16(11-20)6-8-18/h5-8,15,17,22H,3-4,9-10,12-14H2,1-2H3. The number of aliphatic hydroxyl groups is 1. The Kier molecular flexibility index (Phi) is 10.3. The third-order valence-corrected chi connectivity index (χ3v) is 5.18. The number of likely N-dealkylation sites (N-methyl/N-ethyl adjacent to an activating group) is 1. The summed E-state index contributed by atoms with van der Waals surface area (Å²) in [6, 6.07) is 8.76. The number of ether oxygens (including phenoxy) is 1. The summed E-state index contributed by atoms with van der Waals surface area (Å²) >= 11 is 0. The largest absolute Gasteiger partial charge is 0.491 e. The number of hydrogen-bond donors (Lipinski definition) is 1. The average Bonchev–Trinajstić information content (AvgIpc) is 2.58. The summed E-state index contributed by atoms with van der Waals surface area (Å²) in [6.45, 7) is 5.50. The van der Waals surface area contributed by atoms with Gasteiger partial charge >= 0.3 is 0 Å². The molecular weight excluding hydrogens is 343 g/mol. The summed E-state index contributed by atoms with van der Waals surface area (Å²) in [5.74, 6) is 1.17. The van der Waals surface area contributed by atoms with E-state index in [4.69, 9.17) is 10.00 Å². The van der Waals surface area contributed by atoms with Gasteiger partial charge in [-0.05, 0) is 50.7 Å². The van der Waals surface area contributed by atoms with E-state index in [0.717, 1.165) is 6.54 Å². The lowest BCUT2D eigenvalue weighted by molar-refractivity contribution is 0.0700. The van der Waals surface area contributed by atoms with Crippen LogP contribution < -0.4 is 4.74 Å². The van der Waals surface area contributed by atoms with Crippen LogP contribution in [0.4, 0.5) is 4.39 Å². The minimum Gasteiger partial charge on any atom is -0.491 e. The molecule has 1 aromatic rings. The Bertz CT molecular complexity index is 560. The second kappa shape index (κ2) is 12.0. The van der Waals surface area contributed by atoms with Crippen LogP contribution in [0.3, 0.4) is 0 Å². The predicted molar refractivity (Wildman–Crippen MR) is 97.8 cm³/mol. The Morgan fingerprint density at radius 1 is 1.40 bits per heavy atom. The molecule has 0 aliphatic rings. The van der Waals surface area contributed by atoms with Crippen molar-refractivity contribution in [3.8, 4) is 11.8 Å². The fraction of sp³-hybridized carbons (Fsp3) is 0.611. The second-order valence-electron chi connectivity index (χ2n) is 5.94. The highest BCUT2D eigenvalue weighted by atomic mass is 32.2. The molecule has 0 radical (unpaired) electrons. The summed E-state index contributed by atoms with van der Waals surface area (Å²) in [5, 5.41) is 18.9. The summed E-state index contributed by atoms with van der Waals surface area (Å²) in [4.78, 5) is 2.06. The van der Waals surface area contributed by atoms with Gasteiger partial charge in [0.15, 0.2) is 0 Å². The van der Waals surface area contributed by atoms with E-state index in [1.165, 1.54) is 6.92 Å². The average molecular weight is 370 g/mol. The summed E-state index contributed by atoms with van der Waals surface area (Å²) in [5.41, 5.74) is 0.560. The highest BCUT2D eigenvalue weighted by molar-refractivity contribution is 7.85. The van der Waals surface area contributed by atoms with Crippen molar-refractivity contribution < 1.29 is 18.4 Å². The lowest BCUT2D eigenvalue weighted by Gasteiger charge is -2.23. The fourth-order valence-corrected chi connectivity index (χ4v) is 3.47. The van der Waals surface area contributed by atoms with Gasteiger partial charge in [0.1, 0.15) is 24.6 Å². The zero-order valence-electron chi connectivity index (χ0n) is 14.9. The lowest BCUT2D eigenvalue weighted by Crippen LogP contribution is -2.36. The maximum atomic E-state index is 12.8. The molecule has 0 fully saturated rings. The van der Waals surface area contributed by atoms with Crippen LogP contribution in [0.1, 0.15) is 25.8 Å². The van der Waals surface area contributed by atoms with Crippen LogP contribution >= 0.6 is 0 Å². The molecule has 1 aromatic carbocycles. The smallest absolute Gasteiger partial charge is 0.119 e. The molecule has 0 amide bonds. The van der Waals surface area contributed by atoms with E-state index in [9.17, 15) is 13.7 Å². The first kappa shape index (κ1) is 21.6. The van der Waals surface area contributed by atoms with Crippen molar-refractivity contribution in [2.75, 3.05) is 37.7 Å². The van der Waals surface area contributed by atoms with E-state index < -0.39 is 23.1 Å². The van der Waals surface area contributed by atoms with E-state index >= 15 is 0 Å². The minimum absolute atomic E-state index is 0.0905. The van der Waals surface area contributed by atoms with Gasteiger partial charge in [-0.15, -0.1) is 0 Å². The first-order valence-electron chi connectivity index (χ1n) is 8.47. The van der Waals surface area contributed by atoms with Crippen molar-refractivity contribution in [3.05, 3.63) is 29.8 Å². The molecule has 0 aliphatic carbocycles. The normalized spacial score (nSPS) is 14.7. The van der Waals surface area contributed by atoms with Crippen LogP contribution in [-0.4, -0.2) is 64.2 Å². The van der Waals surface area contributed by atoms with E-state index in [-0.39, 0.29) is 12.4 Å². The number of alkyl halides is 1. The Hall–Kier alpha value is -1.49. The molecule has 0 bridgehead atoms. The maximum absolute atomic E-state index is 12.8. The molecular formula is C18H27FN2O3S. The molecule has 0 saturated carbocycles. The lowest BCUT2D eigenvalue weighted by atomic mass is 10.2. The molecule has 7 heteroatoms. The molecule has 1 rings (SSSR count). The SMILES string of the molecule is CCN(CCCS(=O)CC(C)F)CC(O)COc1ccc(C#N)cc1. The Morgan fingerprint density at radius 2 is 2.08 bits per heavy atom. The van der Waals surface area contributed by atoms with Crippen molar-refractivity contribution in [2.45, 2.75) is 32.5 Å². The van der Waals surface area contributed by atoms with Crippen molar-refractivity contribution in [1.29, 1.82) is 5.26 Å². The molecule has 0 saturated heterocycles. The van der Waals surface area contributed by atoms with Crippen molar-refractivity contribution in [2.24, 2.45) is 0 Å². The van der Waals surface area contributed by atoms with Crippen molar-refractivity contribution >= 4 is 10.8 Å². The van der Waals surface area contributed by atoms with Gasteiger partial charge in [-0.1, -0.05) is 6.92 Å². The molecule has 0 aromatic heterocycles. The second-order valence-corrected chi connectivity index (χ2v) is 7.56. The van der Waals surface area contributed by atoms with Crippen LogP contribution in [0.2, 0.25) is 0 Å². The van der Waals surface area contributed by atoms with Gasteiger partial charge in [0.2, 0.25) is 0 Å². The van der Waals surface area contributed by atoms with Gasteiger partial charge in [-0.3, -0.25) is 4.21 Å². The van der Waals surface area contributed by atoms with Crippen molar-refractivity contribution in [3.63, 3.8) is 0 Å². The monoisotopic (exact) mass is 370 g/mol. The third-order valence-electron chi connectivity index (χ3n) is 3.60. The molecule has 1 N–H and O–H groups in total. The molecule has 5 nitrogen and oxygen atoms in total. The molecule has 3 atom stereocenters. The van der Waals surface area contributed by atoms with Crippen LogP contribution in [0.5, 0.6) is 5.75 Å². The predicted octanol–water partition coefficient (Wildman–Crippen LogP) is 2.12. The van der Waals surface area contributed by atoms with Gasteiger partial charge in [-0.25, -0.2) is 4.39 Å². The van der Waals surface area contributed by atoms with E-state index in [2.05, 4.69) is 4.90 Å². The summed E-state index contributed by atoms with van der Waals surface area (Å²) < 4.78 is 29.9. The number of hydrogen-bond acceptors (Lipinski definition) is 5. The zero-order chi connectivity index (χ0) is 18.7. The van der Waals surface area contributed by atoms with Gasteiger partial charge in [0.25, 0.3) is 0 Å². The highest BCUT2D eigenvalue weighted by Crippen LogP contribution is 2.12. The topological polar surface area (TPSA) is 73.6 Å². The van der Waals surface area contributed by atoms with Crippen LogP contribution in [0, 0.1) is 11.3 Å². The number of aliphatic hydroxyl groups excluding tert-OH is 1. The van der Waals surface area contributed by atoms with Gasteiger partial charge in [0, 0.05) is 23.1 Å². The quantitative estimate of drug-likeness (QED) is 0.610. The van der Waals surface area contributed by atoms with Gasteiger partial charge in [-0.2, -0.15) is 5.26 Å². The first-order chi connectivity index (χ1) is 11.9. The molecule has 3 unspecified atom stereocenters. The van der Waals surface area contributed by atoms with Gasteiger partial charge in [0.05, 0.1) is 17.4 Å². The molecule has 0 heterocycles. The first-order valence-corrected chi connectivity index (χ1v) is 9.95. The highest BCUT2D eigenvalue weighted by Gasteiger charge is 2.12. The third kappa shape index (κ3) is 9.54. The molecule has 25 heavy (non-hydrogen) atoms. The maximum Gasteiger partial charge on any atom is 0.119 e. The number of rotatable bonds is 12. The summed E-state index contributed by atoms with van der Waals surface area (Å²) in [6.07, 6.45) is -0.979. The number of nitriles is 1. The Labute approximate surface area is 151 Å². The number of benzene rings is 1. The zero-order valence-corrected chi connectivity index (χ0v) is 15.7. The molecule has 0 aliphatic heterocycles. The van der Waals surface area contributed by atoms with E-state index in [1.807, 2.05) is 13.0 Å². The van der Waals surface area contributed by atoms with Crippen LogP contribution in [0.25, 0.3) is 0 Å². The summed E-state index contributed by atoms with van der Waals surface area (Å²) in [7, 11) is -1.12. The minimum atomic E-state index is -1.12. The van der Waals surface area contributed by atoms with Gasteiger partial charge < -0.3 is 14.7 Å².